The first-order chi connectivity index (χ1) is 11.1. The van der Waals surface area contributed by atoms with Gasteiger partial charge in [0.25, 0.3) is 0 Å². The van der Waals surface area contributed by atoms with Crippen molar-refractivity contribution in [3.05, 3.63) is 59.2 Å². The number of ether oxygens (including phenoxy) is 1. The Balaban J connectivity index is 2.28. The molecule has 0 fully saturated rings. The summed E-state index contributed by atoms with van der Waals surface area (Å²) in [6.07, 6.45) is 0. The molecule has 118 valence electrons. The van der Waals surface area contributed by atoms with Crippen LogP contribution in [0.4, 0.5) is 0 Å². The maximum atomic E-state index is 12.5. The smallest absolute Gasteiger partial charge is 0.180 e. The third-order valence-corrected chi connectivity index (χ3v) is 5.72. The maximum absolute atomic E-state index is 12.5. The van der Waals surface area contributed by atoms with Gasteiger partial charge in [-0.1, -0.05) is 30.3 Å². The molecule has 0 saturated heterocycles. The van der Waals surface area contributed by atoms with Gasteiger partial charge >= 0.3 is 0 Å². The van der Waals surface area contributed by atoms with Crippen molar-refractivity contribution in [3.8, 4) is 11.8 Å². The molecule has 5 nitrogen and oxygen atoms in total. The molecule has 0 aromatic heterocycles. The van der Waals surface area contributed by atoms with Crippen molar-refractivity contribution in [2.24, 2.45) is 0 Å². The van der Waals surface area contributed by atoms with Gasteiger partial charge in [-0.15, -0.1) is 0 Å². The number of nitriles is 1. The summed E-state index contributed by atoms with van der Waals surface area (Å²) in [5, 5.41) is 12.5. The fourth-order valence-corrected chi connectivity index (χ4v) is 4.27. The van der Waals surface area contributed by atoms with E-state index >= 15 is 0 Å². The van der Waals surface area contributed by atoms with E-state index < -0.39 is 9.84 Å². The van der Waals surface area contributed by atoms with Gasteiger partial charge in [0.2, 0.25) is 0 Å². The van der Waals surface area contributed by atoms with Crippen LogP contribution in [-0.4, -0.2) is 27.8 Å². The summed E-state index contributed by atoms with van der Waals surface area (Å²) in [6, 6.07) is 14.5. The Morgan fingerprint density at radius 2 is 2.00 bits per heavy atom. The van der Waals surface area contributed by atoms with Gasteiger partial charge in [-0.2, -0.15) is 5.26 Å². The minimum Gasteiger partial charge on any atom is -0.495 e. The SMILES string of the molecule is COc1cc2c(cc1C#N)S(=O)(=O)CCNC2c1ccccc1. The molecule has 6 heteroatoms. The summed E-state index contributed by atoms with van der Waals surface area (Å²) >= 11 is 0. The van der Waals surface area contributed by atoms with E-state index in [0.29, 0.717) is 17.9 Å². The van der Waals surface area contributed by atoms with Crippen LogP contribution in [0.15, 0.2) is 47.4 Å². The van der Waals surface area contributed by atoms with Crippen LogP contribution in [-0.2, 0) is 9.84 Å². The molecule has 1 N–H and O–H groups in total. The lowest BCUT2D eigenvalue weighted by Gasteiger charge is -2.20. The standard InChI is InChI=1S/C17H16N2O3S/c1-22-15-10-14-16(9-13(15)11-18)23(20,21)8-7-19-17(14)12-5-3-2-4-6-12/h2-6,9-10,17,19H,7-8H2,1H3. The van der Waals surface area contributed by atoms with Crippen LogP contribution in [0.1, 0.15) is 22.7 Å². The third-order valence-electron chi connectivity index (χ3n) is 3.95. The highest BCUT2D eigenvalue weighted by Crippen LogP contribution is 2.35. The van der Waals surface area contributed by atoms with E-state index in [1.807, 2.05) is 36.4 Å². The Morgan fingerprint density at radius 3 is 2.65 bits per heavy atom. The summed E-state index contributed by atoms with van der Waals surface area (Å²) in [7, 11) is -1.98. The summed E-state index contributed by atoms with van der Waals surface area (Å²) in [6.45, 7) is 0.348. The van der Waals surface area contributed by atoms with Crippen LogP contribution in [0.5, 0.6) is 5.75 Å². The van der Waals surface area contributed by atoms with Gasteiger partial charge in [-0.3, -0.25) is 0 Å². The molecule has 0 amide bonds. The van der Waals surface area contributed by atoms with E-state index in [9.17, 15) is 13.7 Å². The van der Waals surface area contributed by atoms with Crippen LogP contribution >= 0.6 is 0 Å². The number of nitrogens with one attached hydrogen (secondary N) is 1. The highest BCUT2D eigenvalue weighted by molar-refractivity contribution is 7.91. The summed E-state index contributed by atoms with van der Waals surface area (Å²) in [4.78, 5) is 0.203. The average molecular weight is 328 g/mol. The van der Waals surface area contributed by atoms with E-state index in [0.717, 1.165) is 5.56 Å². The van der Waals surface area contributed by atoms with Crippen LogP contribution in [0.3, 0.4) is 0 Å². The van der Waals surface area contributed by atoms with Gasteiger partial charge in [0.15, 0.2) is 9.84 Å². The minimum absolute atomic E-state index is 0.000527. The molecule has 0 spiro atoms. The second kappa shape index (κ2) is 6.03. The highest BCUT2D eigenvalue weighted by Gasteiger charge is 2.30. The van der Waals surface area contributed by atoms with Gasteiger partial charge in [0.05, 0.1) is 29.4 Å². The van der Waals surface area contributed by atoms with Gasteiger partial charge in [0.1, 0.15) is 11.8 Å². The normalized spacial score (nSPS) is 19.2. The van der Waals surface area contributed by atoms with E-state index in [2.05, 4.69) is 5.32 Å². The number of sulfone groups is 1. The minimum atomic E-state index is -3.45. The first kappa shape index (κ1) is 15.5. The lowest BCUT2D eigenvalue weighted by atomic mass is 9.97. The van der Waals surface area contributed by atoms with E-state index in [1.54, 1.807) is 6.07 Å². The molecule has 1 aliphatic rings. The van der Waals surface area contributed by atoms with Gasteiger partial charge in [-0.25, -0.2) is 8.42 Å². The number of methoxy groups -OCH3 is 1. The van der Waals surface area contributed by atoms with E-state index in [1.165, 1.54) is 13.2 Å². The lowest BCUT2D eigenvalue weighted by Crippen LogP contribution is -2.24. The lowest BCUT2D eigenvalue weighted by molar-refractivity contribution is 0.411. The van der Waals surface area contributed by atoms with Crippen molar-refractivity contribution in [2.75, 3.05) is 19.4 Å². The molecule has 1 heterocycles. The van der Waals surface area contributed by atoms with Crippen molar-refractivity contribution in [2.45, 2.75) is 10.9 Å². The van der Waals surface area contributed by atoms with Crippen molar-refractivity contribution in [3.63, 3.8) is 0 Å². The largest absolute Gasteiger partial charge is 0.495 e. The molecule has 1 aliphatic heterocycles. The Morgan fingerprint density at radius 1 is 1.26 bits per heavy atom. The Kier molecular flexibility index (Phi) is 4.07. The maximum Gasteiger partial charge on any atom is 0.180 e. The number of hydrogen-bond acceptors (Lipinski definition) is 5. The zero-order valence-electron chi connectivity index (χ0n) is 12.6. The molecular weight excluding hydrogens is 312 g/mol. The fourth-order valence-electron chi connectivity index (χ4n) is 2.83. The molecule has 0 radical (unpaired) electrons. The molecule has 23 heavy (non-hydrogen) atoms. The summed E-state index contributed by atoms with van der Waals surface area (Å²) in [5.74, 6) is 0.381. The zero-order valence-corrected chi connectivity index (χ0v) is 13.4. The predicted molar refractivity (Wildman–Crippen MR) is 86.0 cm³/mol. The second-order valence-corrected chi connectivity index (χ2v) is 7.40. The summed E-state index contributed by atoms with van der Waals surface area (Å²) < 4.78 is 30.3. The Bertz CT molecular complexity index is 871. The number of benzene rings is 2. The fraction of sp³-hybridized carbons (Fsp3) is 0.235. The Hall–Kier alpha value is -2.36. The van der Waals surface area contributed by atoms with Crippen LogP contribution < -0.4 is 10.1 Å². The monoisotopic (exact) mass is 328 g/mol. The van der Waals surface area contributed by atoms with Crippen LogP contribution in [0.25, 0.3) is 0 Å². The van der Waals surface area contributed by atoms with Crippen molar-refractivity contribution in [1.82, 2.24) is 5.32 Å². The molecule has 0 aliphatic carbocycles. The quantitative estimate of drug-likeness (QED) is 0.912. The first-order valence-electron chi connectivity index (χ1n) is 7.20. The molecule has 0 bridgehead atoms. The van der Waals surface area contributed by atoms with Crippen molar-refractivity contribution >= 4 is 9.84 Å². The molecule has 3 rings (SSSR count). The van der Waals surface area contributed by atoms with Crippen molar-refractivity contribution < 1.29 is 13.2 Å². The first-order valence-corrected chi connectivity index (χ1v) is 8.85. The molecule has 1 atom stereocenters. The number of nitrogens with zero attached hydrogens (tertiary/aromatic N) is 1. The Labute approximate surface area is 135 Å². The topological polar surface area (TPSA) is 79.2 Å². The molecule has 0 saturated carbocycles. The van der Waals surface area contributed by atoms with Gasteiger partial charge in [0, 0.05) is 6.54 Å². The zero-order chi connectivity index (χ0) is 16.4. The average Bonchev–Trinajstić information content (AvgIpc) is 2.70. The number of hydrogen-bond donors (Lipinski definition) is 1. The third kappa shape index (κ3) is 2.81. The van der Waals surface area contributed by atoms with E-state index in [-0.39, 0.29) is 22.3 Å². The summed E-state index contributed by atoms with van der Waals surface area (Å²) in [5.41, 5.74) is 1.81. The number of rotatable bonds is 2. The van der Waals surface area contributed by atoms with Crippen LogP contribution in [0, 0.1) is 11.3 Å². The van der Waals surface area contributed by atoms with E-state index in [4.69, 9.17) is 4.74 Å². The predicted octanol–water partition coefficient (Wildman–Crippen LogP) is 2.03. The second-order valence-electron chi connectivity index (χ2n) is 5.32. The molecule has 2 aromatic rings. The highest BCUT2D eigenvalue weighted by atomic mass is 32.2. The van der Waals surface area contributed by atoms with Gasteiger partial charge in [-0.05, 0) is 23.3 Å². The molecule has 2 aromatic carbocycles. The van der Waals surface area contributed by atoms with Crippen LogP contribution in [0.2, 0.25) is 0 Å². The van der Waals surface area contributed by atoms with Crippen molar-refractivity contribution in [1.29, 1.82) is 5.26 Å². The molecular formula is C17H16N2O3S. The van der Waals surface area contributed by atoms with Gasteiger partial charge < -0.3 is 10.1 Å². The number of fused-ring (bicyclic) bond motifs is 1. The molecule has 1 unspecified atom stereocenters.